The highest BCUT2D eigenvalue weighted by Gasteiger charge is 2.33. The average molecular weight is 284 g/mol. The molecule has 6 heteroatoms. The molecule has 0 radical (unpaired) electrons. The van der Waals surface area contributed by atoms with Crippen molar-refractivity contribution in [2.24, 2.45) is 5.73 Å². The zero-order valence-electron chi connectivity index (χ0n) is 11.2. The Morgan fingerprint density at radius 2 is 2.16 bits per heavy atom. The lowest BCUT2D eigenvalue weighted by molar-refractivity contribution is 0.247. The maximum atomic E-state index is 12.6. The van der Waals surface area contributed by atoms with Gasteiger partial charge in [0, 0.05) is 24.7 Å². The number of hydrogen-bond acceptors (Lipinski definition) is 4. The fraction of sp³-hybridized carbons (Fsp3) is 0.538. The number of methoxy groups -OCH3 is 1. The van der Waals surface area contributed by atoms with Crippen molar-refractivity contribution in [1.82, 2.24) is 4.31 Å². The van der Waals surface area contributed by atoms with Crippen LogP contribution in [0.3, 0.4) is 0 Å². The van der Waals surface area contributed by atoms with Crippen LogP contribution < -0.4 is 10.5 Å². The first kappa shape index (κ1) is 14.3. The monoisotopic (exact) mass is 284 g/mol. The smallest absolute Gasteiger partial charge is 0.243 e. The molecule has 2 unspecified atom stereocenters. The van der Waals surface area contributed by atoms with Gasteiger partial charge in [-0.25, -0.2) is 8.42 Å². The van der Waals surface area contributed by atoms with Crippen LogP contribution in [0.2, 0.25) is 0 Å². The zero-order valence-corrected chi connectivity index (χ0v) is 12.1. The Kier molecular flexibility index (Phi) is 4.13. The van der Waals surface area contributed by atoms with Crippen LogP contribution in [0.4, 0.5) is 0 Å². The van der Waals surface area contributed by atoms with Gasteiger partial charge in [-0.05, 0) is 31.9 Å². The summed E-state index contributed by atoms with van der Waals surface area (Å²) < 4.78 is 31.8. The summed E-state index contributed by atoms with van der Waals surface area (Å²) in [4.78, 5) is 0.272. The molecule has 0 amide bonds. The van der Waals surface area contributed by atoms with Gasteiger partial charge in [0.05, 0.1) is 12.0 Å². The van der Waals surface area contributed by atoms with Gasteiger partial charge in [0.25, 0.3) is 0 Å². The molecule has 19 heavy (non-hydrogen) atoms. The van der Waals surface area contributed by atoms with Crippen molar-refractivity contribution in [2.45, 2.75) is 36.7 Å². The number of nitrogens with zero attached hydrogens (tertiary/aromatic N) is 1. The minimum absolute atomic E-state index is 0.0695. The number of nitrogens with two attached hydrogens (primary N) is 1. The van der Waals surface area contributed by atoms with Gasteiger partial charge in [-0.2, -0.15) is 4.31 Å². The van der Waals surface area contributed by atoms with Crippen molar-refractivity contribution >= 4 is 10.0 Å². The second-order valence-electron chi connectivity index (χ2n) is 4.93. The van der Waals surface area contributed by atoms with Crippen molar-refractivity contribution in [3.8, 4) is 5.75 Å². The van der Waals surface area contributed by atoms with E-state index in [0.29, 0.717) is 25.1 Å². The predicted molar refractivity (Wildman–Crippen MR) is 73.6 cm³/mol. The molecule has 1 fully saturated rings. The predicted octanol–water partition coefficient (Wildman–Crippen LogP) is 1.20. The van der Waals surface area contributed by atoms with Crippen molar-refractivity contribution in [2.75, 3.05) is 13.7 Å². The number of hydrogen-bond donors (Lipinski definition) is 1. The Morgan fingerprint density at radius 1 is 1.42 bits per heavy atom. The summed E-state index contributed by atoms with van der Waals surface area (Å²) in [5.74, 6) is 0.544. The van der Waals surface area contributed by atoms with E-state index < -0.39 is 10.0 Å². The number of rotatable bonds is 3. The molecule has 5 nitrogen and oxygen atoms in total. The van der Waals surface area contributed by atoms with Crippen LogP contribution in [0.5, 0.6) is 5.75 Å². The lowest BCUT2D eigenvalue weighted by atomic mass is 10.0. The largest absolute Gasteiger partial charge is 0.497 e. The van der Waals surface area contributed by atoms with Gasteiger partial charge >= 0.3 is 0 Å². The van der Waals surface area contributed by atoms with Crippen LogP contribution >= 0.6 is 0 Å². The minimum Gasteiger partial charge on any atom is -0.497 e. The summed E-state index contributed by atoms with van der Waals surface area (Å²) >= 11 is 0. The van der Waals surface area contributed by atoms with Crippen LogP contribution in [0.15, 0.2) is 29.2 Å². The first-order valence-corrected chi connectivity index (χ1v) is 7.80. The van der Waals surface area contributed by atoms with Crippen molar-refractivity contribution in [1.29, 1.82) is 0 Å². The lowest BCUT2D eigenvalue weighted by Gasteiger charge is -2.35. The van der Waals surface area contributed by atoms with Gasteiger partial charge in [-0.15, -0.1) is 0 Å². The summed E-state index contributed by atoms with van der Waals surface area (Å²) in [6.45, 7) is 2.37. The molecule has 0 aliphatic carbocycles. The topological polar surface area (TPSA) is 72.6 Å². The summed E-state index contributed by atoms with van der Waals surface area (Å²) in [5, 5.41) is 0. The molecule has 0 spiro atoms. The maximum absolute atomic E-state index is 12.6. The lowest BCUT2D eigenvalue weighted by Crippen LogP contribution is -2.48. The van der Waals surface area contributed by atoms with Crippen molar-refractivity contribution in [3.63, 3.8) is 0 Å². The van der Waals surface area contributed by atoms with Gasteiger partial charge in [0.1, 0.15) is 5.75 Å². The molecule has 106 valence electrons. The molecule has 1 saturated heterocycles. The number of ether oxygens (including phenoxy) is 1. The maximum Gasteiger partial charge on any atom is 0.243 e. The molecule has 1 aromatic carbocycles. The van der Waals surface area contributed by atoms with Gasteiger partial charge < -0.3 is 10.5 Å². The molecule has 0 saturated carbocycles. The normalized spacial score (nSPS) is 25.2. The Labute approximate surface area is 114 Å². The third-order valence-electron chi connectivity index (χ3n) is 3.50. The molecule has 2 atom stereocenters. The van der Waals surface area contributed by atoms with Gasteiger partial charge in [0.2, 0.25) is 10.0 Å². The fourth-order valence-electron chi connectivity index (χ4n) is 2.44. The van der Waals surface area contributed by atoms with Crippen molar-refractivity contribution in [3.05, 3.63) is 24.3 Å². The Bertz CT molecular complexity index is 545. The van der Waals surface area contributed by atoms with Gasteiger partial charge in [-0.1, -0.05) is 6.07 Å². The number of benzene rings is 1. The number of sulfonamides is 1. The molecule has 1 aliphatic rings. The van der Waals surface area contributed by atoms with E-state index in [9.17, 15) is 8.42 Å². The van der Waals surface area contributed by atoms with Crippen LogP contribution in [0, 0.1) is 0 Å². The first-order valence-electron chi connectivity index (χ1n) is 6.36. The standard InChI is InChI=1S/C13H20N2O3S/c1-10-8-11(14)6-7-15(10)19(16,17)13-5-3-4-12(9-13)18-2/h3-5,9-11H,6-8,14H2,1-2H3. The Morgan fingerprint density at radius 3 is 2.79 bits per heavy atom. The quantitative estimate of drug-likeness (QED) is 0.905. The summed E-state index contributed by atoms with van der Waals surface area (Å²) in [6, 6.07) is 6.59. The first-order chi connectivity index (χ1) is 8.95. The van der Waals surface area contributed by atoms with Crippen LogP contribution in [-0.4, -0.2) is 38.5 Å². The van der Waals surface area contributed by atoms with Crippen LogP contribution in [0.25, 0.3) is 0 Å². The molecule has 1 aromatic rings. The molecule has 2 N–H and O–H groups in total. The fourth-order valence-corrected chi connectivity index (χ4v) is 4.13. The van der Waals surface area contributed by atoms with Crippen LogP contribution in [0.1, 0.15) is 19.8 Å². The van der Waals surface area contributed by atoms with E-state index >= 15 is 0 Å². The van der Waals surface area contributed by atoms with Gasteiger partial charge in [0.15, 0.2) is 0 Å². The van der Waals surface area contributed by atoms with E-state index in [4.69, 9.17) is 10.5 Å². The van der Waals surface area contributed by atoms with E-state index in [1.54, 1.807) is 24.3 Å². The van der Waals surface area contributed by atoms with E-state index in [0.717, 1.165) is 0 Å². The second kappa shape index (κ2) is 5.48. The van der Waals surface area contributed by atoms with Crippen molar-refractivity contribution < 1.29 is 13.2 Å². The Balaban J connectivity index is 2.31. The molecular formula is C13H20N2O3S. The highest BCUT2D eigenvalue weighted by molar-refractivity contribution is 7.89. The summed E-state index contributed by atoms with van der Waals surface area (Å²) in [7, 11) is -1.95. The molecule has 0 bridgehead atoms. The van der Waals surface area contributed by atoms with E-state index in [1.165, 1.54) is 11.4 Å². The zero-order chi connectivity index (χ0) is 14.0. The average Bonchev–Trinajstić information content (AvgIpc) is 2.38. The molecule has 2 rings (SSSR count). The molecule has 0 aromatic heterocycles. The van der Waals surface area contributed by atoms with E-state index in [2.05, 4.69) is 0 Å². The van der Waals surface area contributed by atoms with Crippen LogP contribution in [-0.2, 0) is 10.0 Å². The third-order valence-corrected chi connectivity index (χ3v) is 5.51. The highest BCUT2D eigenvalue weighted by atomic mass is 32.2. The highest BCUT2D eigenvalue weighted by Crippen LogP contribution is 2.26. The Hall–Kier alpha value is -1.11. The van der Waals surface area contributed by atoms with Gasteiger partial charge in [-0.3, -0.25) is 0 Å². The SMILES string of the molecule is COc1cccc(S(=O)(=O)N2CCC(N)CC2C)c1. The summed E-state index contributed by atoms with van der Waals surface area (Å²) in [6.07, 6.45) is 1.40. The molecular weight excluding hydrogens is 264 g/mol. The van der Waals surface area contributed by atoms with E-state index in [-0.39, 0.29) is 17.0 Å². The third kappa shape index (κ3) is 2.91. The van der Waals surface area contributed by atoms with E-state index in [1.807, 2.05) is 6.92 Å². The second-order valence-corrected chi connectivity index (χ2v) is 6.82. The molecule has 1 aliphatic heterocycles. The summed E-state index contributed by atoms with van der Waals surface area (Å²) in [5.41, 5.74) is 5.87. The minimum atomic E-state index is -3.47. The molecule has 1 heterocycles. The number of piperidine rings is 1.